The Hall–Kier alpha value is -2.53. The zero-order valence-electron chi connectivity index (χ0n) is 18.2. The van der Waals surface area contributed by atoms with Gasteiger partial charge < -0.3 is 14.6 Å². The molecule has 1 N–H and O–H groups in total. The summed E-state index contributed by atoms with van der Waals surface area (Å²) in [6, 6.07) is 14.0. The minimum absolute atomic E-state index is 0.0962. The third-order valence-electron chi connectivity index (χ3n) is 5.81. The summed E-state index contributed by atoms with van der Waals surface area (Å²) >= 11 is 6.05. The normalized spacial score (nSPS) is 14.8. The molecule has 164 valence electrons. The number of nitrogens with zero attached hydrogens (tertiary/aromatic N) is 2. The fourth-order valence-corrected chi connectivity index (χ4v) is 4.52. The number of oxazole rings is 1. The lowest BCUT2D eigenvalue weighted by Crippen LogP contribution is -2.43. The third kappa shape index (κ3) is 5.40. The second-order valence-corrected chi connectivity index (χ2v) is 9.26. The van der Waals surface area contributed by atoms with Gasteiger partial charge in [-0.1, -0.05) is 56.8 Å². The van der Waals surface area contributed by atoms with Crippen LogP contribution in [0.2, 0.25) is 5.02 Å². The standard InChI is InChI=1S/C25H30ClN3O2/c1-17(2)16-29(21-9-4-3-5-10-21)24(30)19-11-12-23-22(14-19)28-25(31-23)27-15-18-7-6-8-20(26)13-18/h6-8,11-14,17,21H,3-5,9-10,15-16H2,1-2H3,(H,27,28). The number of carbonyl (C=O) groups excluding carboxylic acids is 1. The molecule has 1 aliphatic carbocycles. The van der Waals surface area contributed by atoms with Gasteiger partial charge in [0.25, 0.3) is 11.9 Å². The van der Waals surface area contributed by atoms with E-state index in [1.54, 1.807) is 0 Å². The van der Waals surface area contributed by atoms with Gasteiger partial charge in [-0.05, 0) is 54.7 Å². The maximum Gasteiger partial charge on any atom is 0.295 e. The van der Waals surface area contributed by atoms with E-state index in [4.69, 9.17) is 16.0 Å². The van der Waals surface area contributed by atoms with E-state index in [9.17, 15) is 4.79 Å². The van der Waals surface area contributed by atoms with Crippen LogP contribution in [0.4, 0.5) is 6.01 Å². The van der Waals surface area contributed by atoms with E-state index in [0.717, 1.165) is 24.9 Å². The molecule has 0 atom stereocenters. The first-order valence-corrected chi connectivity index (χ1v) is 11.6. The SMILES string of the molecule is CC(C)CN(C(=O)c1ccc2oc(NCc3cccc(Cl)c3)nc2c1)C1CCCCC1. The highest BCUT2D eigenvalue weighted by molar-refractivity contribution is 6.30. The van der Waals surface area contributed by atoms with Gasteiger partial charge >= 0.3 is 0 Å². The summed E-state index contributed by atoms with van der Waals surface area (Å²) in [5, 5.41) is 3.89. The number of rotatable bonds is 7. The Morgan fingerprint density at radius 1 is 1.19 bits per heavy atom. The van der Waals surface area contributed by atoms with Gasteiger partial charge in [-0.15, -0.1) is 0 Å². The molecule has 0 saturated heterocycles. The fraction of sp³-hybridized carbons (Fsp3) is 0.440. The maximum absolute atomic E-state index is 13.4. The number of halogens is 1. The van der Waals surface area contributed by atoms with Gasteiger partial charge in [-0.2, -0.15) is 4.98 Å². The Bertz CT molecular complexity index is 1040. The molecule has 1 fully saturated rings. The molecule has 1 heterocycles. The van der Waals surface area contributed by atoms with Gasteiger partial charge in [-0.3, -0.25) is 4.79 Å². The van der Waals surface area contributed by atoms with Crippen molar-refractivity contribution in [3.63, 3.8) is 0 Å². The van der Waals surface area contributed by atoms with Crippen molar-refractivity contribution in [2.45, 2.75) is 58.5 Å². The minimum Gasteiger partial charge on any atom is -0.424 e. The molecule has 3 aromatic rings. The highest BCUT2D eigenvalue weighted by Gasteiger charge is 2.27. The van der Waals surface area contributed by atoms with Crippen LogP contribution in [-0.4, -0.2) is 28.4 Å². The quantitative estimate of drug-likeness (QED) is 0.455. The average molecular weight is 440 g/mol. The van der Waals surface area contributed by atoms with Crippen LogP contribution in [0.3, 0.4) is 0 Å². The van der Waals surface area contributed by atoms with Gasteiger partial charge in [0.05, 0.1) is 0 Å². The summed E-state index contributed by atoms with van der Waals surface area (Å²) in [4.78, 5) is 20.0. The number of carbonyl (C=O) groups is 1. The Morgan fingerprint density at radius 3 is 2.74 bits per heavy atom. The van der Waals surface area contributed by atoms with E-state index < -0.39 is 0 Å². The largest absolute Gasteiger partial charge is 0.424 e. The Balaban J connectivity index is 1.51. The smallest absolute Gasteiger partial charge is 0.295 e. The number of amides is 1. The van der Waals surface area contributed by atoms with E-state index in [0.29, 0.717) is 46.2 Å². The fourth-order valence-electron chi connectivity index (χ4n) is 4.31. The average Bonchev–Trinajstić information content (AvgIpc) is 3.18. The number of anilines is 1. The Labute approximate surface area is 188 Å². The van der Waals surface area contributed by atoms with Crippen LogP contribution in [0.25, 0.3) is 11.1 Å². The molecular weight excluding hydrogens is 410 g/mol. The van der Waals surface area contributed by atoms with E-state index in [2.05, 4.69) is 29.0 Å². The van der Waals surface area contributed by atoms with Crippen LogP contribution >= 0.6 is 11.6 Å². The molecule has 4 rings (SSSR count). The van der Waals surface area contributed by atoms with Crippen LogP contribution in [0, 0.1) is 5.92 Å². The van der Waals surface area contributed by atoms with Gasteiger partial charge in [0, 0.05) is 29.7 Å². The second kappa shape index (κ2) is 9.73. The summed E-state index contributed by atoms with van der Waals surface area (Å²) in [7, 11) is 0. The number of benzene rings is 2. The molecule has 0 aliphatic heterocycles. The lowest BCUT2D eigenvalue weighted by molar-refractivity contribution is 0.0604. The molecule has 0 radical (unpaired) electrons. The van der Waals surface area contributed by atoms with Crippen molar-refractivity contribution >= 4 is 34.6 Å². The monoisotopic (exact) mass is 439 g/mol. The van der Waals surface area contributed by atoms with Crippen molar-refractivity contribution in [1.29, 1.82) is 0 Å². The molecule has 1 aromatic heterocycles. The zero-order chi connectivity index (χ0) is 21.8. The lowest BCUT2D eigenvalue weighted by atomic mass is 9.93. The van der Waals surface area contributed by atoms with Crippen LogP contribution < -0.4 is 5.32 Å². The lowest BCUT2D eigenvalue weighted by Gasteiger charge is -2.35. The van der Waals surface area contributed by atoms with Crippen molar-refractivity contribution in [2.24, 2.45) is 5.92 Å². The topological polar surface area (TPSA) is 58.4 Å². The molecule has 6 heteroatoms. The van der Waals surface area contributed by atoms with Crippen LogP contribution in [0.1, 0.15) is 61.9 Å². The van der Waals surface area contributed by atoms with Gasteiger partial charge in [0.2, 0.25) is 0 Å². The highest BCUT2D eigenvalue weighted by Crippen LogP contribution is 2.27. The predicted octanol–water partition coefficient (Wildman–Crippen LogP) is 6.52. The molecule has 1 amide bonds. The number of fused-ring (bicyclic) bond motifs is 1. The van der Waals surface area contributed by atoms with Crippen molar-refractivity contribution in [1.82, 2.24) is 9.88 Å². The molecule has 5 nitrogen and oxygen atoms in total. The maximum atomic E-state index is 13.4. The van der Waals surface area contributed by atoms with Gasteiger partial charge in [-0.25, -0.2) is 0 Å². The number of hydrogen-bond donors (Lipinski definition) is 1. The second-order valence-electron chi connectivity index (χ2n) is 8.83. The first-order valence-electron chi connectivity index (χ1n) is 11.2. The summed E-state index contributed by atoms with van der Waals surface area (Å²) in [5.41, 5.74) is 3.07. The van der Waals surface area contributed by atoms with Crippen LogP contribution in [0.5, 0.6) is 0 Å². The van der Waals surface area contributed by atoms with E-state index >= 15 is 0 Å². The van der Waals surface area contributed by atoms with Crippen molar-refractivity contribution < 1.29 is 9.21 Å². The summed E-state index contributed by atoms with van der Waals surface area (Å²) in [5.74, 6) is 0.530. The molecule has 0 spiro atoms. The Kier molecular flexibility index (Phi) is 6.81. The van der Waals surface area contributed by atoms with E-state index in [1.165, 1.54) is 19.3 Å². The minimum atomic E-state index is 0.0962. The molecule has 2 aromatic carbocycles. The van der Waals surface area contributed by atoms with E-state index in [1.807, 2.05) is 42.5 Å². The van der Waals surface area contributed by atoms with Crippen molar-refractivity contribution in [2.75, 3.05) is 11.9 Å². The first-order chi connectivity index (χ1) is 15.0. The number of aromatic nitrogens is 1. The zero-order valence-corrected chi connectivity index (χ0v) is 19.0. The predicted molar refractivity (Wildman–Crippen MR) is 126 cm³/mol. The molecule has 31 heavy (non-hydrogen) atoms. The van der Waals surface area contributed by atoms with Gasteiger partial charge in [0.1, 0.15) is 5.52 Å². The summed E-state index contributed by atoms with van der Waals surface area (Å²) in [6.07, 6.45) is 5.88. The first kappa shape index (κ1) is 21.7. The van der Waals surface area contributed by atoms with Crippen molar-refractivity contribution in [3.8, 4) is 0 Å². The van der Waals surface area contributed by atoms with Crippen LogP contribution in [0.15, 0.2) is 46.9 Å². The number of nitrogens with one attached hydrogen (secondary N) is 1. The molecule has 0 unspecified atom stereocenters. The number of hydrogen-bond acceptors (Lipinski definition) is 4. The highest BCUT2D eigenvalue weighted by atomic mass is 35.5. The summed E-state index contributed by atoms with van der Waals surface area (Å²) < 4.78 is 5.82. The van der Waals surface area contributed by atoms with E-state index in [-0.39, 0.29) is 5.91 Å². The van der Waals surface area contributed by atoms with Crippen LogP contribution in [-0.2, 0) is 6.54 Å². The molecule has 1 aliphatic rings. The third-order valence-corrected chi connectivity index (χ3v) is 6.04. The molecule has 0 bridgehead atoms. The van der Waals surface area contributed by atoms with Gasteiger partial charge in [0.15, 0.2) is 5.58 Å². The molecule has 1 saturated carbocycles. The van der Waals surface area contributed by atoms with Crippen molar-refractivity contribution in [3.05, 3.63) is 58.6 Å². The molecular formula is C25H30ClN3O2. The Morgan fingerprint density at radius 2 is 2.00 bits per heavy atom. The summed E-state index contributed by atoms with van der Waals surface area (Å²) in [6.45, 7) is 5.68.